The largest absolute Gasteiger partial charge is 0.507 e. The number of aromatic nitrogens is 3. The fourth-order valence-corrected chi connectivity index (χ4v) is 7.90. The summed E-state index contributed by atoms with van der Waals surface area (Å²) in [5.41, 5.74) is 13.4. The molecule has 0 aliphatic rings. The average Bonchev–Trinajstić information content (AvgIpc) is 3.62. The van der Waals surface area contributed by atoms with Crippen LogP contribution in [0.25, 0.3) is 72.7 Å². The number of hydrogen-bond acceptors (Lipinski definition) is 3. The fraction of sp³-hybridized carbons (Fsp3) is 0.250. The zero-order chi connectivity index (χ0) is 45.2. The second kappa shape index (κ2) is 16.4. The van der Waals surface area contributed by atoms with Crippen LogP contribution in [-0.2, 0) is 37.3 Å². The first-order chi connectivity index (χ1) is 29.6. The molecule has 5 heteroatoms. The second-order valence-corrected chi connectivity index (χ2v) is 19.2. The number of nitrogens with zero attached hydrogens (tertiary/aromatic N) is 3. The summed E-state index contributed by atoms with van der Waals surface area (Å²) in [6, 6.07) is 46.5. The first-order valence-corrected chi connectivity index (χ1v) is 20.8. The maximum Gasteiger partial charge on any atom is 0.148 e. The molecular weight excluding hydrogens is 926 g/mol. The van der Waals surface area contributed by atoms with E-state index in [2.05, 4.69) is 130 Å². The smallest absolute Gasteiger partial charge is 0.148 e. The number of aromatic hydroxyl groups is 1. The second-order valence-electron chi connectivity index (χ2n) is 19.2. The van der Waals surface area contributed by atoms with Crippen LogP contribution in [0, 0.1) is 19.8 Å². The molecule has 6 aromatic carbocycles. The number of rotatable bonds is 6. The van der Waals surface area contributed by atoms with Gasteiger partial charge in [0.1, 0.15) is 11.6 Å². The zero-order valence-electron chi connectivity index (χ0n) is 39.8. The molecule has 0 saturated heterocycles. The summed E-state index contributed by atoms with van der Waals surface area (Å²) in [5.74, 6) is 0.653. The topological polar surface area (TPSA) is 50.9 Å². The van der Waals surface area contributed by atoms with E-state index in [0.717, 1.165) is 66.8 Å². The average molecular weight is 985 g/mol. The number of pyridine rings is 1. The number of fused-ring (bicyclic) bond motifs is 1. The predicted molar refractivity (Wildman–Crippen MR) is 252 cm³/mol. The molecule has 4 nitrogen and oxygen atoms in total. The van der Waals surface area contributed by atoms with E-state index in [4.69, 9.17) is 14.1 Å². The number of imidazole rings is 1. The van der Waals surface area contributed by atoms with Crippen LogP contribution in [-0.4, -0.2) is 19.6 Å². The normalized spacial score (nSPS) is 13.0. The van der Waals surface area contributed by atoms with Crippen molar-refractivity contribution in [2.24, 2.45) is 0 Å². The molecule has 0 bridgehead atoms. The van der Waals surface area contributed by atoms with Crippen molar-refractivity contribution >= 4 is 11.0 Å². The maximum absolute atomic E-state index is 12.4. The summed E-state index contributed by atoms with van der Waals surface area (Å²) < 4.78 is 27.8. The molecule has 0 unspecified atom stereocenters. The van der Waals surface area contributed by atoms with Gasteiger partial charge in [0, 0.05) is 48.3 Å². The van der Waals surface area contributed by atoms with E-state index in [1.54, 1.807) is 12.1 Å². The molecule has 0 atom stereocenters. The third-order valence-electron chi connectivity index (χ3n) is 11.4. The number of hydrogen-bond donors (Lipinski definition) is 1. The van der Waals surface area contributed by atoms with E-state index in [9.17, 15) is 5.11 Å². The number of benzene rings is 6. The Morgan fingerprint density at radius 3 is 1.93 bits per heavy atom. The molecule has 1 N–H and O–H groups in total. The molecule has 2 aromatic heterocycles. The Kier molecular flexibility index (Phi) is 10.6. The van der Waals surface area contributed by atoms with Gasteiger partial charge in [-0.3, -0.25) is 9.55 Å². The molecule has 312 valence electrons. The van der Waals surface area contributed by atoms with Crippen molar-refractivity contribution in [1.82, 2.24) is 14.5 Å². The minimum Gasteiger partial charge on any atom is -0.507 e. The molecule has 8 aromatic rings. The van der Waals surface area contributed by atoms with Gasteiger partial charge in [0.05, 0.1) is 16.6 Å². The Bertz CT molecular complexity index is 3000. The first-order valence-electron chi connectivity index (χ1n) is 22.3. The number of phenols is 1. The molecular formula is C56H56N3OPt-. The number of para-hydroxylation sites is 1. The van der Waals surface area contributed by atoms with E-state index < -0.39 is 12.3 Å². The molecule has 0 aliphatic heterocycles. The monoisotopic (exact) mass is 984 g/mol. The van der Waals surface area contributed by atoms with E-state index in [1.807, 2.05) is 71.4 Å². The van der Waals surface area contributed by atoms with Crippen molar-refractivity contribution in [2.45, 2.75) is 92.3 Å². The Labute approximate surface area is 381 Å². The summed E-state index contributed by atoms with van der Waals surface area (Å²) in [4.78, 5) is 10.4. The molecule has 8 rings (SSSR count). The van der Waals surface area contributed by atoms with Crippen molar-refractivity contribution in [3.63, 3.8) is 0 Å². The summed E-state index contributed by atoms with van der Waals surface area (Å²) >= 11 is 0. The van der Waals surface area contributed by atoms with Gasteiger partial charge in [0.25, 0.3) is 0 Å². The van der Waals surface area contributed by atoms with Crippen molar-refractivity contribution < 1.29 is 30.3 Å². The van der Waals surface area contributed by atoms with Gasteiger partial charge in [-0.15, -0.1) is 29.3 Å². The standard InChI is InChI=1S/C56H56N3O.Pt/c1-35-20-22-38(23-21-35)39-24-25-57-49(32-39)42-28-41(29-43(30-42)54(3,4)5)46-18-15-19-50-51(46)58-53(47-33-44(55(6,7)8)34-48(52(47)60)56(9,10)11)59(50)45-27-36(2)26-40(31-45)37-16-13-12-14-17-37;/h12-27,29-34,60H,1-11H3;/q-1;/i2D3;. The van der Waals surface area contributed by atoms with Gasteiger partial charge in [0.2, 0.25) is 0 Å². The van der Waals surface area contributed by atoms with Crippen molar-refractivity contribution in [2.75, 3.05) is 0 Å². The van der Waals surface area contributed by atoms with Crippen LogP contribution in [0.15, 0.2) is 134 Å². The molecule has 0 spiro atoms. The molecule has 0 saturated carbocycles. The Balaban J connectivity index is 0.00000612. The van der Waals surface area contributed by atoms with Gasteiger partial charge in [-0.1, -0.05) is 164 Å². The van der Waals surface area contributed by atoms with Crippen LogP contribution in [0.3, 0.4) is 0 Å². The summed E-state index contributed by atoms with van der Waals surface area (Å²) in [6.45, 7) is 19.1. The van der Waals surface area contributed by atoms with Crippen molar-refractivity contribution in [3.8, 4) is 67.5 Å². The van der Waals surface area contributed by atoms with Crippen LogP contribution in [0.4, 0.5) is 0 Å². The van der Waals surface area contributed by atoms with Crippen LogP contribution in [0.2, 0.25) is 0 Å². The van der Waals surface area contributed by atoms with Crippen LogP contribution in [0.1, 0.15) is 94.2 Å². The molecule has 0 radical (unpaired) electrons. The Hall–Kier alpha value is -5.57. The molecule has 61 heavy (non-hydrogen) atoms. The van der Waals surface area contributed by atoms with Crippen molar-refractivity contribution in [1.29, 1.82) is 0 Å². The summed E-state index contributed by atoms with van der Waals surface area (Å²) in [7, 11) is 0. The molecule has 0 amide bonds. The maximum atomic E-state index is 12.4. The van der Waals surface area contributed by atoms with Gasteiger partial charge in [-0.2, -0.15) is 0 Å². The van der Waals surface area contributed by atoms with Gasteiger partial charge in [-0.25, -0.2) is 4.98 Å². The van der Waals surface area contributed by atoms with E-state index in [0.29, 0.717) is 22.6 Å². The van der Waals surface area contributed by atoms with E-state index in [1.165, 1.54) is 5.56 Å². The number of aryl methyl sites for hydroxylation is 2. The van der Waals surface area contributed by atoms with Crippen molar-refractivity contribution in [3.05, 3.63) is 167 Å². The van der Waals surface area contributed by atoms with E-state index >= 15 is 0 Å². The Morgan fingerprint density at radius 2 is 1.26 bits per heavy atom. The van der Waals surface area contributed by atoms with E-state index in [-0.39, 0.29) is 43.2 Å². The quantitative estimate of drug-likeness (QED) is 0.169. The third-order valence-corrected chi connectivity index (χ3v) is 11.4. The molecule has 0 aliphatic carbocycles. The van der Waals surface area contributed by atoms with Gasteiger partial charge >= 0.3 is 0 Å². The third kappa shape index (κ3) is 8.79. The summed E-state index contributed by atoms with van der Waals surface area (Å²) in [6.07, 6.45) is 1.86. The SMILES string of the molecule is [2H]C([2H])([2H])c1cc(-c2ccccc2)cc(-n2c(-c3cc(C(C)(C)C)cc(C(C)(C)C)c3O)nc3c(-c4[c-]c(-c5cc(-c6ccc(C)cc6)ccn5)cc(C(C)(C)C)c4)cccc32)c1.[Pt]. The summed E-state index contributed by atoms with van der Waals surface area (Å²) in [5, 5.41) is 12.4. The van der Waals surface area contributed by atoms with Crippen LogP contribution >= 0.6 is 0 Å². The van der Waals surface area contributed by atoms with Gasteiger partial charge < -0.3 is 5.11 Å². The minimum atomic E-state index is -2.39. The Morgan fingerprint density at radius 1 is 0.590 bits per heavy atom. The fourth-order valence-electron chi connectivity index (χ4n) is 7.90. The number of phenolic OH excluding ortho intramolecular Hbond substituents is 1. The molecule has 2 heterocycles. The van der Waals surface area contributed by atoms with Gasteiger partial charge in [-0.05, 0) is 93.7 Å². The zero-order valence-corrected chi connectivity index (χ0v) is 39.1. The minimum absolute atomic E-state index is 0. The molecule has 0 fully saturated rings. The van der Waals surface area contributed by atoms with Crippen LogP contribution < -0.4 is 0 Å². The van der Waals surface area contributed by atoms with Gasteiger partial charge in [0.15, 0.2) is 0 Å². The predicted octanol–water partition coefficient (Wildman–Crippen LogP) is 14.8. The van der Waals surface area contributed by atoms with Crippen LogP contribution in [0.5, 0.6) is 5.75 Å². The first kappa shape index (κ1) is 39.6.